The van der Waals surface area contributed by atoms with Gasteiger partial charge in [0.15, 0.2) is 0 Å². The molecule has 0 aliphatic carbocycles. The second-order valence-electron chi connectivity index (χ2n) is 6.17. The predicted molar refractivity (Wildman–Crippen MR) is 108 cm³/mol. The van der Waals surface area contributed by atoms with Crippen LogP contribution in [0.5, 0.6) is 0 Å². The highest BCUT2D eigenvalue weighted by molar-refractivity contribution is 6.30. The van der Waals surface area contributed by atoms with Crippen molar-refractivity contribution in [2.75, 3.05) is 0 Å². The van der Waals surface area contributed by atoms with Gasteiger partial charge in [0, 0.05) is 23.0 Å². The molecule has 4 aromatic rings. The molecule has 0 aliphatic rings. The Balaban J connectivity index is 1.98. The lowest BCUT2D eigenvalue weighted by molar-refractivity contribution is 1.15. The Morgan fingerprint density at radius 2 is 1.96 bits per heavy atom. The standard InChI is InChI=1S/C22H15ClN4/c1-15-9-11-27-20(13-17(14-24)19-4-2-3-10-25-19)22(26-21(27)12-15)16-5-7-18(23)8-6-16/h2-13H,1H3. The number of imidazole rings is 1. The lowest BCUT2D eigenvalue weighted by Crippen LogP contribution is -1.92. The third-order valence-electron chi connectivity index (χ3n) is 4.28. The number of benzene rings is 1. The molecule has 0 amide bonds. The van der Waals surface area contributed by atoms with E-state index in [9.17, 15) is 5.26 Å². The van der Waals surface area contributed by atoms with E-state index in [1.807, 2.05) is 78.2 Å². The van der Waals surface area contributed by atoms with Gasteiger partial charge < -0.3 is 0 Å². The second kappa shape index (κ2) is 7.06. The summed E-state index contributed by atoms with van der Waals surface area (Å²) in [5.74, 6) is 0. The number of fused-ring (bicyclic) bond motifs is 1. The summed E-state index contributed by atoms with van der Waals surface area (Å²) in [4.78, 5) is 9.10. The van der Waals surface area contributed by atoms with Crippen LogP contribution >= 0.6 is 11.6 Å². The van der Waals surface area contributed by atoms with E-state index in [1.54, 1.807) is 6.20 Å². The Morgan fingerprint density at radius 3 is 2.67 bits per heavy atom. The number of hydrogen-bond acceptors (Lipinski definition) is 3. The maximum Gasteiger partial charge on any atom is 0.138 e. The molecule has 0 unspecified atom stereocenters. The van der Waals surface area contributed by atoms with Gasteiger partial charge in [-0.2, -0.15) is 5.26 Å². The fourth-order valence-corrected chi connectivity index (χ4v) is 3.07. The lowest BCUT2D eigenvalue weighted by atomic mass is 10.1. The van der Waals surface area contributed by atoms with Crippen LogP contribution < -0.4 is 0 Å². The molecule has 27 heavy (non-hydrogen) atoms. The molecule has 5 heteroatoms. The van der Waals surface area contributed by atoms with E-state index in [0.717, 1.165) is 28.2 Å². The van der Waals surface area contributed by atoms with Crippen LogP contribution in [0, 0.1) is 18.3 Å². The van der Waals surface area contributed by atoms with E-state index < -0.39 is 0 Å². The van der Waals surface area contributed by atoms with E-state index in [1.165, 1.54) is 0 Å². The Hall–Kier alpha value is -3.42. The molecule has 0 aliphatic heterocycles. The molecule has 0 fully saturated rings. The molecule has 0 saturated carbocycles. The van der Waals surface area contributed by atoms with Crippen molar-refractivity contribution in [3.63, 3.8) is 0 Å². The van der Waals surface area contributed by atoms with E-state index in [2.05, 4.69) is 11.1 Å². The highest BCUT2D eigenvalue weighted by atomic mass is 35.5. The highest BCUT2D eigenvalue weighted by Crippen LogP contribution is 2.29. The summed E-state index contributed by atoms with van der Waals surface area (Å²) >= 11 is 6.04. The Morgan fingerprint density at radius 1 is 1.15 bits per heavy atom. The van der Waals surface area contributed by atoms with Gasteiger partial charge in [-0.25, -0.2) is 4.98 Å². The van der Waals surface area contributed by atoms with Gasteiger partial charge >= 0.3 is 0 Å². The first-order valence-corrected chi connectivity index (χ1v) is 8.81. The third kappa shape index (κ3) is 3.33. The average Bonchev–Trinajstić information content (AvgIpc) is 3.04. The Bertz CT molecular complexity index is 1180. The summed E-state index contributed by atoms with van der Waals surface area (Å²) < 4.78 is 1.98. The minimum Gasteiger partial charge on any atom is -0.300 e. The van der Waals surface area contributed by atoms with Crippen molar-refractivity contribution in [1.82, 2.24) is 14.4 Å². The van der Waals surface area contributed by atoms with Gasteiger partial charge in [0.1, 0.15) is 11.7 Å². The van der Waals surface area contributed by atoms with Gasteiger partial charge in [0.2, 0.25) is 0 Å². The number of rotatable bonds is 3. The number of aryl methyl sites for hydroxylation is 1. The zero-order valence-corrected chi connectivity index (χ0v) is 15.4. The largest absolute Gasteiger partial charge is 0.300 e. The number of halogens is 1. The predicted octanol–water partition coefficient (Wildman–Crippen LogP) is 5.42. The molecule has 4 nitrogen and oxygen atoms in total. The monoisotopic (exact) mass is 370 g/mol. The van der Waals surface area contributed by atoms with Crippen LogP contribution in [0.2, 0.25) is 5.02 Å². The van der Waals surface area contributed by atoms with Crippen molar-refractivity contribution in [3.8, 4) is 17.3 Å². The summed E-state index contributed by atoms with van der Waals surface area (Å²) in [7, 11) is 0. The molecule has 1 aromatic carbocycles. The summed E-state index contributed by atoms with van der Waals surface area (Å²) in [6, 6.07) is 19.3. The van der Waals surface area contributed by atoms with Gasteiger partial charge in [-0.1, -0.05) is 29.8 Å². The van der Waals surface area contributed by atoms with Crippen LogP contribution in [-0.4, -0.2) is 14.4 Å². The number of hydrogen-bond donors (Lipinski definition) is 0. The first-order valence-electron chi connectivity index (χ1n) is 8.43. The van der Waals surface area contributed by atoms with E-state index >= 15 is 0 Å². The third-order valence-corrected chi connectivity index (χ3v) is 4.53. The fourth-order valence-electron chi connectivity index (χ4n) is 2.95. The van der Waals surface area contributed by atoms with Gasteiger partial charge in [-0.15, -0.1) is 0 Å². The van der Waals surface area contributed by atoms with Crippen LogP contribution in [-0.2, 0) is 0 Å². The zero-order chi connectivity index (χ0) is 18.8. The van der Waals surface area contributed by atoms with Crippen LogP contribution in [0.25, 0.3) is 28.6 Å². The van der Waals surface area contributed by atoms with Crippen LogP contribution in [0.1, 0.15) is 17.0 Å². The molecular weight excluding hydrogens is 356 g/mol. The van der Waals surface area contributed by atoms with Gasteiger partial charge in [0.05, 0.1) is 22.7 Å². The van der Waals surface area contributed by atoms with E-state index in [-0.39, 0.29) is 0 Å². The van der Waals surface area contributed by atoms with Crippen molar-refractivity contribution in [2.24, 2.45) is 0 Å². The topological polar surface area (TPSA) is 54.0 Å². The minimum atomic E-state index is 0.480. The van der Waals surface area contributed by atoms with Gasteiger partial charge in [-0.3, -0.25) is 9.38 Å². The first kappa shape index (κ1) is 17.0. The number of allylic oxidation sites excluding steroid dienone is 1. The summed E-state index contributed by atoms with van der Waals surface area (Å²) in [5, 5.41) is 10.4. The summed E-state index contributed by atoms with van der Waals surface area (Å²) in [5.41, 5.74) is 5.61. The molecule has 0 spiro atoms. The highest BCUT2D eigenvalue weighted by Gasteiger charge is 2.14. The zero-order valence-electron chi connectivity index (χ0n) is 14.6. The SMILES string of the molecule is Cc1ccn2c(C=C(C#N)c3ccccn3)c(-c3ccc(Cl)cc3)nc2c1. The smallest absolute Gasteiger partial charge is 0.138 e. The number of nitriles is 1. The molecule has 0 bridgehead atoms. The molecule has 130 valence electrons. The van der Waals surface area contributed by atoms with Crippen LogP contribution in [0.15, 0.2) is 67.0 Å². The summed E-state index contributed by atoms with van der Waals surface area (Å²) in [6.07, 6.45) is 5.48. The van der Waals surface area contributed by atoms with Crippen molar-refractivity contribution < 1.29 is 0 Å². The van der Waals surface area contributed by atoms with Crippen molar-refractivity contribution in [2.45, 2.75) is 6.92 Å². The van der Waals surface area contributed by atoms with Crippen molar-refractivity contribution in [3.05, 3.63) is 89.0 Å². The van der Waals surface area contributed by atoms with Crippen LogP contribution in [0.4, 0.5) is 0 Å². The van der Waals surface area contributed by atoms with E-state index in [4.69, 9.17) is 16.6 Å². The molecule has 0 N–H and O–H groups in total. The molecule has 0 atom stereocenters. The first-order chi connectivity index (χ1) is 13.2. The molecular formula is C22H15ClN4. The second-order valence-corrected chi connectivity index (χ2v) is 6.61. The fraction of sp³-hybridized carbons (Fsp3) is 0.0455. The molecule has 0 saturated heterocycles. The summed E-state index contributed by atoms with van der Waals surface area (Å²) in [6.45, 7) is 2.03. The Labute approximate surface area is 162 Å². The average molecular weight is 371 g/mol. The van der Waals surface area contributed by atoms with Crippen LogP contribution in [0.3, 0.4) is 0 Å². The molecule has 3 aromatic heterocycles. The molecule has 0 radical (unpaired) electrons. The quantitative estimate of drug-likeness (QED) is 0.452. The van der Waals surface area contributed by atoms with Crippen molar-refractivity contribution >= 4 is 28.9 Å². The normalized spacial score (nSPS) is 11.5. The number of aromatic nitrogens is 3. The van der Waals surface area contributed by atoms with Gasteiger partial charge in [0.25, 0.3) is 0 Å². The van der Waals surface area contributed by atoms with Gasteiger partial charge in [-0.05, 0) is 55.0 Å². The maximum absolute atomic E-state index is 9.69. The van der Waals surface area contributed by atoms with Crippen molar-refractivity contribution in [1.29, 1.82) is 5.26 Å². The number of pyridine rings is 2. The number of nitrogens with zero attached hydrogens (tertiary/aromatic N) is 4. The lowest BCUT2D eigenvalue weighted by Gasteiger charge is -2.03. The molecule has 4 rings (SSSR count). The Kier molecular flexibility index (Phi) is 4.45. The molecule has 3 heterocycles. The minimum absolute atomic E-state index is 0.480. The maximum atomic E-state index is 9.69. The van der Waals surface area contributed by atoms with E-state index in [0.29, 0.717) is 16.3 Å².